The first-order valence-electron chi connectivity index (χ1n) is 8.85. The van der Waals surface area contributed by atoms with Crippen molar-refractivity contribution in [1.29, 1.82) is 0 Å². The smallest absolute Gasteiger partial charge is 0.338 e. The monoisotopic (exact) mass is 376 g/mol. The SMILES string of the molecule is CCOC(=O)c1ccc(N2C(=O)C(Cl)=C(NC3CCCCC3)C2=O)cc1. The molecule has 1 heterocycles. The number of hydrogen-bond acceptors (Lipinski definition) is 5. The van der Waals surface area contributed by atoms with Crippen molar-refractivity contribution < 1.29 is 19.1 Å². The maximum atomic E-state index is 12.7. The zero-order valence-corrected chi connectivity index (χ0v) is 15.3. The number of halogens is 1. The summed E-state index contributed by atoms with van der Waals surface area (Å²) in [5.74, 6) is -1.47. The van der Waals surface area contributed by atoms with Gasteiger partial charge in [0.2, 0.25) is 0 Å². The maximum absolute atomic E-state index is 12.7. The van der Waals surface area contributed by atoms with Crippen LogP contribution in [0.2, 0.25) is 0 Å². The average Bonchev–Trinajstić information content (AvgIpc) is 2.86. The lowest BCUT2D eigenvalue weighted by Gasteiger charge is -2.24. The van der Waals surface area contributed by atoms with Gasteiger partial charge in [0.05, 0.1) is 17.9 Å². The molecule has 1 aromatic carbocycles. The molecule has 2 aliphatic rings. The van der Waals surface area contributed by atoms with Crippen molar-refractivity contribution in [3.05, 3.63) is 40.6 Å². The van der Waals surface area contributed by atoms with Crippen LogP contribution in [0.15, 0.2) is 35.0 Å². The highest BCUT2D eigenvalue weighted by Crippen LogP contribution is 2.30. The van der Waals surface area contributed by atoms with E-state index >= 15 is 0 Å². The van der Waals surface area contributed by atoms with Crippen molar-refractivity contribution in [3.63, 3.8) is 0 Å². The van der Waals surface area contributed by atoms with Crippen LogP contribution in [-0.4, -0.2) is 30.4 Å². The summed E-state index contributed by atoms with van der Waals surface area (Å²) in [5.41, 5.74) is 0.888. The molecule has 7 heteroatoms. The Bertz CT molecular complexity index is 751. The van der Waals surface area contributed by atoms with Gasteiger partial charge in [0, 0.05) is 6.04 Å². The van der Waals surface area contributed by atoms with Gasteiger partial charge in [0.1, 0.15) is 10.7 Å². The molecule has 0 radical (unpaired) electrons. The number of amides is 2. The third kappa shape index (κ3) is 3.60. The highest BCUT2D eigenvalue weighted by Gasteiger charge is 2.39. The zero-order chi connectivity index (χ0) is 18.7. The van der Waals surface area contributed by atoms with Crippen LogP contribution in [0.1, 0.15) is 49.4 Å². The van der Waals surface area contributed by atoms with Gasteiger partial charge in [-0.2, -0.15) is 0 Å². The van der Waals surface area contributed by atoms with Crippen molar-refractivity contribution in [2.24, 2.45) is 0 Å². The highest BCUT2D eigenvalue weighted by atomic mass is 35.5. The van der Waals surface area contributed by atoms with Crippen LogP contribution in [0.4, 0.5) is 5.69 Å². The van der Waals surface area contributed by atoms with E-state index in [0.717, 1.165) is 30.6 Å². The molecular weight excluding hydrogens is 356 g/mol. The Hall–Kier alpha value is -2.34. The average molecular weight is 377 g/mol. The molecule has 0 aromatic heterocycles. The van der Waals surface area contributed by atoms with Gasteiger partial charge in [-0.3, -0.25) is 9.59 Å². The van der Waals surface area contributed by atoms with Gasteiger partial charge in [-0.1, -0.05) is 30.9 Å². The molecule has 3 rings (SSSR count). The van der Waals surface area contributed by atoms with Crippen LogP contribution >= 0.6 is 11.6 Å². The number of ether oxygens (including phenoxy) is 1. The second kappa shape index (κ2) is 7.91. The summed E-state index contributed by atoms with van der Waals surface area (Å²) in [7, 11) is 0. The van der Waals surface area contributed by atoms with E-state index in [0.29, 0.717) is 11.3 Å². The van der Waals surface area contributed by atoms with Crippen molar-refractivity contribution in [2.75, 3.05) is 11.5 Å². The van der Waals surface area contributed by atoms with Crippen molar-refractivity contribution >= 4 is 35.1 Å². The predicted octanol–water partition coefficient (Wildman–Crippen LogP) is 3.11. The molecule has 1 aliphatic carbocycles. The molecule has 1 N–H and O–H groups in total. The lowest BCUT2D eigenvalue weighted by Crippen LogP contribution is -2.37. The lowest BCUT2D eigenvalue weighted by molar-refractivity contribution is -0.120. The van der Waals surface area contributed by atoms with E-state index in [2.05, 4.69) is 5.32 Å². The summed E-state index contributed by atoms with van der Waals surface area (Å²) in [6.07, 6.45) is 5.32. The second-order valence-electron chi connectivity index (χ2n) is 6.38. The van der Waals surface area contributed by atoms with Gasteiger partial charge in [-0.05, 0) is 44.0 Å². The molecule has 0 atom stereocenters. The van der Waals surface area contributed by atoms with Crippen LogP contribution in [0.5, 0.6) is 0 Å². The van der Waals surface area contributed by atoms with Crippen LogP contribution < -0.4 is 10.2 Å². The van der Waals surface area contributed by atoms with Gasteiger partial charge in [-0.25, -0.2) is 9.69 Å². The maximum Gasteiger partial charge on any atom is 0.338 e. The molecule has 138 valence electrons. The van der Waals surface area contributed by atoms with Gasteiger partial charge in [0.15, 0.2) is 0 Å². The Labute approximate surface area is 157 Å². The molecule has 1 aromatic rings. The number of anilines is 1. The van der Waals surface area contributed by atoms with E-state index in [1.54, 1.807) is 6.92 Å². The van der Waals surface area contributed by atoms with E-state index in [1.807, 2.05) is 0 Å². The number of benzene rings is 1. The molecule has 0 bridgehead atoms. The predicted molar refractivity (Wildman–Crippen MR) is 97.8 cm³/mol. The summed E-state index contributed by atoms with van der Waals surface area (Å²) in [6.45, 7) is 2.00. The van der Waals surface area contributed by atoms with E-state index in [9.17, 15) is 14.4 Å². The van der Waals surface area contributed by atoms with Gasteiger partial charge in [-0.15, -0.1) is 0 Å². The third-order valence-electron chi connectivity index (χ3n) is 4.62. The minimum Gasteiger partial charge on any atom is -0.462 e. The number of esters is 1. The molecule has 1 aliphatic heterocycles. The fourth-order valence-corrected chi connectivity index (χ4v) is 3.49. The largest absolute Gasteiger partial charge is 0.462 e. The molecule has 6 nitrogen and oxygen atoms in total. The van der Waals surface area contributed by atoms with Gasteiger partial charge >= 0.3 is 5.97 Å². The number of rotatable bonds is 5. The first-order chi connectivity index (χ1) is 12.5. The van der Waals surface area contributed by atoms with Crippen molar-refractivity contribution in [3.8, 4) is 0 Å². The van der Waals surface area contributed by atoms with Gasteiger partial charge in [0.25, 0.3) is 11.8 Å². The van der Waals surface area contributed by atoms with E-state index in [4.69, 9.17) is 16.3 Å². The third-order valence-corrected chi connectivity index (χ3v) is 4.97. The first-order valence-corrected chi connectivity index (χ1v) is 9.23. The molecule has 0 unspecified atom stereocenters. The Morgan fingerprint density at radius 3 is 2.42 bits per heavy atom. The van der Waals surface area contributed by atoms with Gasteiger partial charge < -0.3 is 10.1 Å². The summed E-state index contributed by atoms with van der Waals surface area (Å²) in [5, 5.41) is 3.07. The van der Waals surface area contributed by atoms with Crippen LogP contribution in [0, 0.1) is 0 Å². The number of imide groups is 1. The molecule has 2 amide bonds. The van der Waals surface area contributed by atoms with E-state index in [1.165, 1.54) is 30.7 Å². The zero-order valence-electron chi connectivity index (χ0n) is 14.6. The molecule has 0 spiro atoms. The van der Waals surface area contributed by atoms with E-state index in [-0.39, 0.29) is 23.4 Å². The quantitative estimate of drug-likeness (QED) is 0.631. The number of carbonyl (C=O) groups is 3. The minimum absolute atomic E-state index is 0.0879. The summed E-state index contributed by atoms with van der Waals surface area (Å²) >= 11 is 6.14. The standard InChI is InChI=1S/C19H21ClN2O4/c1-2-26-19(25)12-8-10-14(11-9-12)22-17(23)15(20)16(18(22)24)21-13-6-4-3-5-7-13/h8-11,13,21H,2-7H2,1H3. The molecule has 26 heavy (non-hydrogen) atoms. The Morgan fingerprint density at radius 2 is 1.81 bits per heavy atom. The Balaban J connectivity index is 1.76. The number of hydrogen-bond donors (Lipinski definition) is 1. The minimum atomic E-state index is -0.557. The fourth-order valence-electron chi connectivity index (χ4n) is 3.27. The number of carbonyl (C=O) groups excluding carboxylic acids is 3. The molecule has 0 saturated heterocycles. The summed E-state index contributed by atoms with van der Waals surface area (Å²) in [6, 6.07) is 6.28. The van der Waals surface area contributed by atoms with E-state index < -0.39 is 17.8 Å². The van der Waals surface area contributed by atoms with Crippen LogP contribution in [0.25, 0.3) is 0 Å². The highest BCUT2D eigenvalue weighted by molar-refractivity contribution is 6.52. The molecular formula is C19H21ClN2O4. The first kappa shape index (κ1) is 18.5. The van der Waals surface area contributed by atoms with Crippen molar-refractivity contribution in [2.45, 2.75) is 45.1 Å². The molecule has 1 fully saturated rings. The number of nitrogens with zero attached hydrogens (tertiary/aromatic N) is 1. The van der Waals surface area contributed by atoms with Crippen LogP contribution in [0.3, 0.4) is 0 Å². The normalized spacial score (nSPS) is 18.5. The Kier molecular flexibility index (Phi) is 5.61. The summed E-state index contributed by atoms with van der Waals surface area (Å²) in [4.78, 5) is 38.0. The fraction of sp³-hybridized carbons (Fsp3) is 0.421. The van der Waals surface area contributed by atoms with Crippen molar-refractivity contribution in [1.82, 2.24) is 5.32 Å². The Morgan fingerprint density at radius 1 is 1.15 bits per heavy atom. The second-order valence-corrected chi connectivity index (χ2v) is 6.76. The van der Waals surface area contributed by atoms with Crippen LogP contribution in [-0.2, 0) is 14.3 Å². The number of nitrogens with one attached hydrogen (secondary N) is 1. The molecule has 1 saturated carbocycles. The lowest BCUT2D eigenvalue weighted by atomic mass is 9.95. The topological polar surface area (TPSA) is 75.7 Å². The summed E-state index contributed by atoms with van der Waals surface area (Å²) < 4.78 is 4.93.